The van der Waals surface area contributed by atoms with Gasteiger partial charge in [0.25, 0.3) is 0 Å². The molecule has 0 saturated heterocycles. The van der Waals surface area contributed by atoms with Crippen LogP contribution in [0.25, 0.3) is 0 Å². The topological polar surface area (TPSA) is 56.8 Å². The van der Waals surface area contributed by atoms with E-state index in [1.54, 1.807) is 0 Å². The van der Waals surface area contributed by atoms with E-state index in [1.165, 1.54) is 96.3 Å². The van der Waals surface area contributed by atoms with E-state index < -0.39 is 8.80 Å². The molecule has 0 aliphatic heterocycles. The van der Waals surface area contributed by atoms with Crippen LogP contribution < -0.4 is 5.32 Å². The van der Waals surface area contributed by atoms with Crippen LogP contribution in [0.15, 0.2) is 0 Å². The van der Waals surface area contributed by atoms with Crippen molar-refractivity contribution in [1.29, 1.82) is 0 Å². The van der Waals surface area contributed by atoms with Gasteiger partial charge in [0.15, 0.2) is 0 Å². The number of amides is 1. The van der Waals surface area contributed by atoms with E-state index >= 15 is 0 Å². The third-order valence-corrected chi connectivity index (χ3v) is 10.9. The lowest BCUT2D eigenvalue weighted by molar-refractivity contribution is -0.120. The highest BCUT2D eigenvalue weighted by Crippen LogP contribution is 2.20. The zero-order valence-electron chi connectivity index (χ0n) is 25.2. The highest BCUT2D eigenvalue weighted by Gasteiger charge is 2.39. The first-order valence-electron chi connectivity index (χ1n) is 15.9. The van der Waals surface area contributed by atoms with Gasteiger partial charge in [-0.1, -0.05) is 103 Å². The standard InChI is InChI=1S/C30H63NO4SSi/c1-5-9-10-11-12-13-14-15-16-17-18-19-20-21-22-23-26-31-30(32)25-28-36-27-24-29-37(33-6-2,34-7-3)35-8-4/h5-29H2,1-4H3,(H,31,32). The van der Waals surface area contributed by atoms with E-state index in [1.807, 2.05) is 32.5 Å². The number of hydrogen-bond acceptors (Lipinski definition) is 5. The average Bonchev–Trinajstić information content (AvgIpc) is 2.88. The van der Waals surface area contributed by atoms with Crippen molar-refractivity contribution in [3.05, 3.63) is 0 Å². The maximum atomic E-state index is 12.1. The van der Waals surface area contributed by atoms with Gasteiger partial charge >= 0.3 is 8.80 Å². The van der Waals surface area contributed by atoms with Crippen LogP contribution in [-0.2, 0) is 18.1 Å². The van der Waals surface area contributed by atoms with Gasteiger partial charge in [0.1, 0.15) is 0 Å². The molecule has 0 aromatic rings. The summed E-state index contributed by atoms with van der Waals surface area (Å²) >= 11 is 1.84. The Balaban J connectivity index is 3.45. The van der Waals surface area contributed by atoms with Crippen LogP contribution in [0.5, 0.6) is 0 Å². The van der Waals surface area contributed by atoms with Crippen LogP contribution in [0, 0.1) is 0 Å². The number of carbonyl (C=O) groups is 1. The molecule has 0 fully saturated rings. The van der Waals surface area contributed by atoms with Gasteiger partial charge in [-0.25, -0.2) is 0 Å². The van der Waals surface area contributed by atoms with Crippen molar-refractivity contribution >= 4 is 26.5 Å². The van der Waals surface area contributed by atoms with Crippen LogP contribution >= 0.6 is 11.8 Å². The molecule has 0 atom stereocenters. The minimum absolute atomic E-state index is 0.190. The quantitative estimate of drug-likeness (QED) is 0.0701. The summed E-state index contributed by atoms with van der Waals surface area (Å²) in [6.07, 6.45) is 23.6. The molecular weight excluding hydrogens is 498 g/mol. The number of nitrogens with one attached hydrogen (secondary N) is 1. The largest absolute Gasteiger partial charge is 0.500 e. The summed E-state index contributed by atoms with van der Waals surface area (Å²) in [5, 5.41) is 3.09. The molecule has 0 aromatic carbocycles. The summed E-state index contributed by atoms with van der Waals surface area (Å²) < 4.78 is 17.7. The Labute approximate surface area is 236 Å². The highest BCUT2D eigenvalue weighted by molar-refractivity contribution is 7.99. The molecule has 0 aliphatic rings. The Morgan fingerprint density at radius 3 is 1.46 bits per heavy atom. The lowest BCUT2D eigenvalue weighted by Crippen LogP contribution is -2.46. The van der Waals surface area contributed by atoms with Crippen molar-refractivity contribution < 1.29 is 18.1 Å². The van der Waals surface area contributed by atoms with Crippen LogP contribution in [0.1, 0.15) is 143 Å². The summed E-state index contributed by atoms with van der Waals surface area (Å²) in [6.45, 7) is 11.0. The van der Waals surface area contributed by atoms with Crippen molar-refractivity contribution in [3.8, 4) is 0 Å². The normalized spacial score (nSPS) is 11.8. The molecule has 1 N–H and O–H groups in total. The van der Waals surface area contributed by atoms with Gasteiger partial charge in [0.05, 0.1) is 0 Å². The second-order valence-electron chi connectivity index (χ2n) is 10.1. The van der Waals surface area contributed by atoms with Crippen molar-refractivity contribution in [2.24, 2.45) is 0 Å². The van der Waals surface area contributed by atoms with E-state index in [0.717, 1.165) is 36.9 Å². The Bertz CT molecular complexity index is 467. The minimum Gasteiger partial charge on any atom is -0.374 e. The summed E-state index contributed by atoms with van der Waals surface area (Å²) in [7, 11) is -2.52. The minimum atomic E-state index is -2.52. The molecule has 0 radical (unpaired) electrons. The smallest absolute Gasteiger partial charge is 0.374 e. The predicted octanol–water partition coefficient (Wildman–Crippen LogP) is 8.93. The number of thioether (sulfide) groups is 1. The van der Waals surface area contributed by atoms with Gasteiger partial charge < -0.3 is 18.6 Å². The average molecular weight is 562 g/mol. The molecule has 0 unspecified atom stereocenters. The van der Waals surface area contributed by atoms with Gasteiger partial charge in [-0.3, -0.25) is 4.79 Å². The fourth-order valence-electron chi connectivity index (χ4n) is 4.65. The summed E-state index contributed by atoms with van der Waals surface area (Å²) in [6, 6.07) is 0.848. The lowest BCUT2D eigenvalue weighted by Gasteiger charge is -2.28. The zero-order chi connectivity index (χ0) is 27.3. The first-order valence-corrected chi connectivity index (χ1v) is 19.0. The van der Waals surface area contributed by atoms with Crippen molar-refractivity contribution in [2.75, 3.05) is 37.9 Å². The molecule has 0 rings (SSSR count). The van der Waals surface area contributed by atoms with E-state index in [2.05, 4.69) is 12.2 Å². The Morgan fingerprint density at radius 1 is 0.595 bits per heavy atom. The molecular formula is C30H63NO4SSi. The number of unbranched alkanes of at least 4 members (excludes halogenated alkanes) is 15. The SMILES string of the molecule is CCCCCCCCCCCCCCCCCCNC(=O)CCSCCC[Si](OCC)(OCC)OCC. The molecule has 0 aliphatic carbocycles. The fourth-order valence-corrected chi connectivity index (χ4v) is 8.40. The third-order valence-electron chi connectivity index (χ3n) is 6.69. The third kappa shape index (κ3) is 24.7. The number of hydrogen-bond donors (Lipinski definition) is 1. The van der Waals surface area contributed by atoms with Gasteiger partial charge in [-0.05, 0) is 39.4 Å². The van der Waals surface area contributed by atoms with Crippen LogP contribution in [-0.4, -0.2) is 52.6 Å². The Kier molecular flexibility index (Phi) is 28.8. The van der Waals surface area contributed by atoms with E-state index in [4.69, 9.17) is 13.3 Å². The van der Waals surface area contributed by atoms with E-state index in [0.29, 0.717) is 26.2 Å². The van der Waals surface area contributed by atoms with Gasteiger partial charge in [0.2, 0.25) is 5.91 Å². The predicted molar refractivity (Wildman–Crippen MR) is 165 cm³/mol. The van der Waals surface area contributed by atoms with Crippen LogP contribution in [0.4, 0.5) is 0 Å². The van der Waals surface area contributed by atoms with E-state index in [-0.39, 0.29) is 5.91 Å². The summed E-state index contributed by atoms with van der Waals surface area (Å²) in [5.41, 5.74) is 0. The second-order valence-corrected chi connectivity index (χ2v) is 14.1. The molecule has 222 valence electrons. The zero-order valence-corrected chi connectivity index (χ0v) is 27.0. The molecule has 7 heteroatoms. The van der Waals surface area contributed by atoms with Gasteiger partial charge in [-0.2, -0.15) is 11.8 Å². The maximum absolute atomic E-state index is 12.1. The molecule has 1 amide bonds. The number of rotatable bonds is 30. The summed E-state index contributed by atoms with van der Waals surface area (Å²) in [4.78, 5) is 12.1. The second kappa shape index (κ2) is 28.9. The molecule has 37 heavy (non-hydrogen) atoms. The Morgan fingerprint density at radius 2 is 1.03 bits per heavy atom. The fraction of sp³-hybridized carbons (Fsp3) is 0.967. The molecule has 5 nitrogen and oxygen atoms in total. The Hall–Kier alpha value is -0.0831. The molecule has 0 spiro atoms. The van der Waals surface area contributed by atoms with Crippen molar-refractivity contribution in [3.63, 3.8) is 0 Å². The van der Waals surface area contributed by atoms with Gasteiger partial charge in [0, 0.05) is 44.6 Å². The molecule has 0 bridgehead atoms. The number of carbonyl (C=O) groups excluding carboxylic acids is 1. The lowest BCUT2D eigenvalue weighted by atomic mass is 10.0. The van der Waals surface area contributed by atoms with Crippen LogP contribution in [0.2, 0.25) is 6.04 Å². The van der Waals surface area contributed by atoms with Crippen LogP contribution in [0.3, 0.4) is 0 Å². The molecule has 0 saturated carbocycles. The first kappa shape index (κ1) is 36.9. The molecule has 0 aromatic heterocycles. The highest BCUT2D eigenvalue weighted by atomic mass is 32.2. The monoisotopic (exact) mass is 561 g/mol. The molecule has 0 heterocycles. The maximum Gasteiger partial charge on any atom is 0.500 e. The van der Waals surface area contributed by atoms with E-state index in [9.17, 15) is 4.79 Å². The summed E-state index contributed by atoms with van der Waals surface area (Å²) in [5.74, 6) is 2.07. The van der Waals surface area contributed by atoms with Crippen molar-refractivity contribution in [2.45, 2.75) is 149 Å². The van der Waals surface area contributed by atoms with Gasteiger partial charge in [-0.15, -0.1) is 0 Å². The van der Waals surface area contributed by atoms with Crippen molar-refractivity contribution in [1.82, 2.24) is 5.32 Å². The first-order chi connectivity index (χ1) is 18.1.